The van der Waals surface area contributed by atoms with E-state index in [1.807, 2.05) is 49.6 Å². The van der Waals surface area contributed by atoms with Crippen LogP contribution < -0.4 is 5.32 Å². The third kappa shape index (κ3) is 3.52. The van der Waals surface area contributed by atoms with E-state index in [0.29, 0.717) is 5.56 Å². The highest BCUT2D eigenvalue weighted by atomic mass is 16.1. The van der Waals surface area contributed by atoms with Gasteiger partial charge in [0.05, 0.1) is 17.1 Å². The van der Waals surface area contributed by atoms with Gasteiger partial charge in [-0.15, -0.1) is 10.2 Å². The van der Waals surface area contributed by atoms with Gasteiger partial charge in [0, 0.05) is 17.6 Å². The first kappa shape index (κ1) is 17.1. The maximum atomic E-state index is 12.9. The van der Waals surface area contributed by atoms with E-state index < -0.39 is 0 Å². The van der Waals surface area contributed by atoms with E-state index in [2.05, 4.69) is 27.4 Å². The number of amides is 1. The lowest BCUT2D eigenvalue weighted by molar-refractivity contribution is 0.0939. The van der Waals surface area contributed by atoms with Gasteiger partial charge in [-0.25, -0.2) is 0 Å². The minimum atomic E-state index is -0.227. The second-order valence-electron chi connectivity index (χ2n) is 6.41. The van der Waals surface area contributed by atoms with Crippen molar-refractivity contribution in [1.29, 1.82) is 0 Å². The third-order valence-corrected chi connectivity index (χ3v) is 4.18. The van der Waals surface area contributed by atoms with Gasteiger partial charge < -0.3 is 9.88 Å². The first-order valence-corrected chi connectivity index (χ1v) is 8.56. The smallest absolute Gasteiger partial charge is 0.252 e. The Morgan fingerprint density at radius 1 is 1.28 bits per heavy atom. The Hall–Kier alpha value is -2.76. The van der Waals surface area contributed by atoms with Gasteiger partial charge in [0.25, 0.3) is 5.91 Å². The van der Waals surface area contributed by atoms with Crippen LogP contribution in [0.5, 0.6) is 0 Å². The van der Waals surface area contributed by atoms with Crippen molar-refractivity contribution in [2.75, 3.05) is 0 Å². The summed E-state index contributed by atoms with van der Waals surface area (Å²) in [5.74, 6) is 0.640. The number of aryl methyl sites for hydroxylation is 3. The summed E-state index contributed by atoms with van der Waals surface area (Å²) < 4.78 is 1.98. The van der Waals surface area contributed by atoms with Gasteiger partial charge >= 0.3 is 0 Å². The van der Waals surface area contributed by atoms with Crippen LogP contribution >= 0.6 is 0 Å². The number of hydrogen-bond acceptors (Lipinski definition) is 4. The molecule has 0 radical (unpaired) electrons. The zero-order chi connectivity index (χ0) is 18.0. The van der Waals surface area contributed by atoms with Gasteiger partial charge in [-0.1, -0.05) is 18.6 Å². The summed E-state index contributed by atoms with van der Waals surface area (Å²) in [6, 6.07) is 7.57. The maximum Gasteiger partial charge on any atom is 0.252 e. The summed E-state index contributed by atoms with van der Waals surface area (Å²) in [5, 5.41) is 12.0. The van der Waals surface area contributed by atoms with E-state index in [9.17, 15) is 4.79 Å². The number of pyridine rings is 1. The molecule has 3 rings (SSSR count). The molecule has 3 aromatic rings. The molecule has 1 amide bonds. The number of nitrogens with zero attached hydrogens (tertiary/aromatic N) is 4. The molecular formula is C19H23N5O. The fraction of sp³-hybridized carbons (Fsp3) is 0.368. The van der Waals surface area contributed by atoms with Crippen LogP contribution in [0.25, 0.3) is 10.9 Å². The van der Waals surface area contributed by atoms with Crippen LogP contribution in [0.3, 0.4) is 0 Å². The van der Waals surface area contributed by atoms with E-state index >= 15 is 0 Å². The molecule has 0 bridgehead atoms. The number of hydrogen-bond donors (Lipinski definition) is 1. The lowest BCUT2D eigenvalue weighted by Gasteiger charge is -2.16. The van der Waals surface area contributed by atoms with Crippen molar-refractivity contribution in [3.05, 3.63) is 53.2 Å². The fourth-order valence-corrected chi connectivity index (χ4v) is 3.01. The SMILES string of the molecule is CCCn1cnnc1[C@H](C)NC(=O)c1cc(C)nc2ccc(C)cc12. The van der Waals surface area contributed by atoms with E-state index in [-0.39, 0.29) is 11.9 Å². The van der Waals surface area contributed by atoms with Crippen LogP contribution in [0.15, 0.2) is 30.6 Å². The summed E-state index contributed by atoms with van der Waals surface area (Å²) in [7, 11) is 0. The van der Waals surface area contributed by atoms with E-state index in [1.165, 1.54) is 0 Å². The molecule has 0 aliphatic heterocycles. The predicted molar refractivity (Wildman–Crippen MR) is 97.4 cm³/mol. The van der Waals surface area contributed by atoms with Gasteiger partial charge in [0.15, 0.2) is 5.82 Å². The molecule has 0 saturated heterocycles. The largest absolute Gasteiger partial charge is 0.342 e. The maximum absolute atomic E-state index is 12.9. The second-order valence-corrected chi connectivity index (χ2v) is 6.41. The highest BCUT2D eigenvalue weighted by Gasteiger charge is 2.18. The average molecular weight is 337 g/mol. The molecule has 6 heteroatoms. The van der Waals surface area contributed by atoms with Crippen molar-refractivity contribution in [2.24, 2.45) is 0 Å². The minimum absolute atomic E-state index is 0.125. The molecule has 130 valence electrons. The molecule has 6 nitrogen and oxygen atoms in total. The van der Waals surface area contributed by atoms with Crippen molar-refractivity contribution in [3.63, 3.8) is 0 Å². The Balaban J connectivity index is 1.92. The van der Waals surface area contributed by atoms with Crippen LogP contribution in [0.1, 0.15) is 53.7 Å². The van der Waals surface area contributed by atoms with Crippen molar-refractivity contribution < 1.29 is 4.79 Å². The van der Waals surface area contributed by atoms with Crippen LogP contribution in [0.2, 0.25) is 0 Å². The third-order valence-electron chi connectivity index (χ3n) is 4.18. The van der Waals surface area contributed by atoms with E-state index in [1.54, 1.807) is 6.33 Å². The lowest BCUT2D eigenvalue weighted by Crippen LogP contribution is -2.29. The predicted octanol–water partition coefficient (Wildman–Crippen LogP) is 3.34. The molecule has 25 heavy (non-hydrogen) atoms. The zero-order valence-corrected chi connectivity index (χ0v) is 15.1. The summed E-state index contributed by atoms with van der Waals surface area (Å²) in [4.78, 5) is 17.4. The topological polar surface area (TPSA) is 72.7 Å². The normalized spacial score (nSPS) is 12.3. The molecule has 0 aliphatic carbocycles. The van der Waals surface area contributed by atoms with Crippen molar-refractivity contribution >= 4 is 16.8 Å². The highest BCUT2D eigenvalue weighted by molar-refractivity contribution is 6.06. The molecular weight excluding hydrogens is 314 g/mol. The molecule has 2 aromatic heterocycles. The molecule has 2 heterocycles. The molecule has 0 saturated carbocycles. The standard InChI is InChI=1S/C19H23N5O/c1-5-8-24-11-20-23-18(24)14(4)22-19(25)16-10-13(3)21-17-7-6-12(2)9-15(16)17/h6-7,9-11,14H,5,8H2,1-4H3,(H,22,25)/t14-/m0/s1. The first-order valence-electron chi connectivity index (χ1n) is 8.56. The van der Waals surface area contributed by atoms with Gasteiger partial charge in [0.2, 0.25) is 0 Å². The number of rotatable bonds is 5. The number of aromatic nitrogens is 4. The molecule has 0 spiro atoms. The summed E-state index contributed by atoms with van der Waals surface area (Å²) in [6.07, 6.45) is 2.69. The van der Waals surface area contributed by atoms with Gasteiger partial charge in [0.1, 0.15) is 6.33 Å². The Morgan fingerprint density at radius 2 is 2.08 bits per heavy atom. The van der Waals surface area contributed by atoms with Crippen LogP contribution in [-0.2, 0) is 6.54 Å². The monoisotopic (exact) mass is 337 g/mol. The Labute approximate surface area is 147 Å². The fourth-order valence-electron chi connectivity index (χ4n) is 3.01. The quantitative estimate of drug-likeness (QED) is 0.775. The highest BCUT2D eigenvalue weighted by Crippen LogP contribution is 2.21. The second kappa shape index (κ2) is 7.01. The number of fused-ring (bicyclic) bond motifs is 1. The van der Waals surface area contributed by atoms with E-state index in [0.717, 1.165) is 41.0 Å². The molecule has 0 unspecified atom stereocenters. The zero-order valence-electron chi connectivity index (χ0n) is 15.1. The number of nitrogens with one attached hydrogen (secondary N) is 1. The summed E-state index contributed by atoms with van der Waals surface area (Å²) in [6.45, 7) is 8.77. The Morgan fingerprint density at radius 3 is 2.84 bits per heavy atom. The minimum Gasteiger partial charge on any atom is -0.342 e. The summed E-state index contributed by atoms with van der Waals surface area (Å²) in [5.41, 5.74) is 3.39. The van der Waals surface area contributed by atoms with Crippen molar-refractivity contribution in [2.45, 2.75) is 46.7 Å². The molecule has 1 N–H and O–H groups in total. The Bertz CT molecular complexity index is 915. The molecule has 0 aliphatic rings. The van der Waals surface area contributed by atoms with Crippen molar-refractivity contribution in [1.82, 2.24) is 25.1 Å². The number of carbonyl (C=O) groups is 1. The summed E-state index contributed by atoms with van der Waals surface area (Å²) >= 11 is 0. The molecule has 1 atom stereocenters. The van der Waals surface area contributed by atoms with Crippen LogP contribution in [0, 0.1) is 13.8 Å². The van der Waals surface area contributed by atoms with E-state index in [4.69, 9.17) is 0 Å². The first-order chi connectivity index (χ1) is 12.0. The number of carbonyl (C=O) groups excluding carboxylic acids is 1. The molecule has 0 fully saturated rings. The van der Waals surface area contributed by atoms with Crippen molar-refractivity contribution in [3.8, 4) is 0 Å². The van der Waals surface area contributed by atoms with Crippen LogP contribution in [-0.4, -0.2) is 25.7 Å². The number of benzene rings is 1. The van der Waals surface area contributed by atoms with Gasteiger partial charge in [-0.2, -0.15) is 0 Å². The van der Waals surface area contributed by atoms with Gasteiger partial charge in [-0.3, -0.25) is 9.78 Å². The Kier molecular flexibility index (Phi) is 4.79. The molecule has 1 aromatic carbocycles. The van der Waals surface area contributed by atoms with Gasteiger partial charge in [-0.05, 0) is 45.4 Å². The van der Waals surface area contributed by atoms with Crippen LogP contribution in [0.4, 0.5) is 0 Å². The average Bonchev–Trinajstić information content (AvgIpc) is 3.03. The lowest BCUT2D eigenvalue weighted by atomic mass is 10.0.